The predicted molar refractivity (Wildman–Crippen MR) is 63.6 cm³/mol. The highest BCUT2D eigenvalue weighted by Gasteiger charge is 2.12. The van der Waals surface area contributed by atoms with Gasteiger partial charge >= 0.3 is 0 Å². The molecule has 2 heterocycles. The van der Waals surface area contributed by atoms with Gasteiger partial charge in [-0.25, -0.2) is 4.98 Å². The SMILES string of the molecule is CNCc1c(SCCO)nc2sccn12. The minimum Gasteiger partial charge on any atom is -0.396 e. The number of rotatable bonds is 5. The van der Waals surface area contributed by atoms with Gasteiger partial charge in [0.1, 0.15) is 5.03 Å². The number of fused-ring (bicyclic) bond motifs is 1. The molecule has 0 spiro atoms. The van der Waals surface area contributed by atoms with E-state index in [4.69, 9.17) is 5.11 Å². The van der Waals surface area contributed by atoms with Crippen molar-refractivity contribution in [1.29, 1.82) is 0 Å². The summed E-state index contributed by atoms with van der Waals surface area (Å²) in [7, 11) is 1.92. The maximum atomic E-state index is 8.81. The molecule has 0 aliphatic heterocycles. The van der Waals surface area contributed by atoms with Gasteiger partial charge in [-0.2, -0.15) is 0 Å². The van der Waals surface area contributed by atoms with Crippen molar-refractivity contribution >= 4 is 28.1 Å². The van der Waals surface area contributed by atoms with Crippen LogP contribution in [-0.2, 0) is 6.54 Å². The Morgan fingerprint density at radius 1 is 1.67 bits per heavy atom. The average molecular weight is 243 g/mol. The van der Waals surface area contributed by atoms with Crippen molar-refractivity contribution in [1.82, 2.24) is 14.7 Å². The van der Waals surface area contributed by atoms with Gasteiger partial charge in [-0.05, 0) is 7.05 Å². The maximum absolute atomic E-state index is 8.81. The third-order valence-electron chi connectivity index (χ3n) is 2.00. The Morgan fingerprint density at radius 3 is 3.27 bits per heavy atom. The molecule has 0 aromatic carbocycles. The summed E-state index contributed by atoms with van der Waals surface area (Å²) in [6.07, 6.45) is 2.03. The largest absolute Gasteiger partial charge is 0.396 e. The van der Waals surface area contributed by atoms with Gasteiger partial charge in [-0.15, -0.1) is 23.1 Å². The summed E-state index contributed by atoms with van der Waals surface area (Å²) in [4.78, 5) is 5.54. The van der Waals surface area contributed by atoms with E-state index in [-0.39, 0.29) is 6.61 Å². The zero-order valence-corrected chi connectivity index (χ0v) is 10.1. The Labute approximate surface area is 96.3 Å². The third-order valence-corrected chi connectivity index (χ3v) is 3.74. The molecular weight excluding hydrogens is 230 g/mol. The minimum absolute atomic E-state index is 0.189. The summed E-state index contributed by atoms with van der Waals surface area (Å²) in [5.41, 5.74) is 1.17. The van der Waals surface area contributed by atoms with Crippen LogP contribution in [0.1, 0.15) is 5.69 Å². The first-order chi connectivity index (χ1) is 7.36. The molecule has 6 heteroatoms. The first-order valence-corrected chi connectivity index (χ1v) is 6.56. The van der Waals surface area contributed by atoms with E-state index >= 15 is 0 Å². The number of aliphatic hydroxyl groups is 1. The fourth-order valence-corrected chi connectivity index (χ4v) is 2.96. The number of aliphatic hydroxyl groups excluding tert-OH is 1. The van der Waals surface area contributed by atoms with Gasteiger partial charge in [-0.3, -0.25) is 4.40 Å². The van der Waals surface area contributed by atoms with Crippen LogP contribution >= 0.6 is 23.1 Å². The van der Waals surface area contributed by atoms with Crippen molar-refractivity contribution in [2.24, 2.45) is 0 Å². The molecule has 4 nitrogen and oxygen atoms in total. The molecule has 82 valence electrons. The van der Waals surface area contributed by atoms with Crippen molar-refractivity contribution < 1.29 is 5.11 Å². The van der Waals surface area contributed by atoms with Gasteiger partial charge in [0.2, 0.25) is 0 Å². The average Bonchev–Trinajstić information content (AvgIpc) is 2.78. The van der Waals surface area contributed by atoms with Crippen molar-refractivity contribution in [3.8, 4) is 0 Å². The fourth-order valence-electron chi connectivity index (χ4n) is 1.40. The van der Waals surface area contributed by atoms with Gasteiger partial charge in [-0.1, -0.05) is 0 Å². The summed E-state index contributed by atoms with van der Waals surface area (Å²) < 4.78 is 2.10. The van der Waals surface area contributed by atoms with E-state index in [2.05, 4.69) is 14.7 Å². The topological polar surface area (TPSA) is 49.6 Å². The van der Waals surface area contributed by atoms with Crippen LogP contribution in [0.2, 0.25) is 0 Å². The van der Waals surface area contributed by atoms with Gasteiger partial charge in [0.05, 0.1) is 12.3 Å². The highest BCUT2D eigenvalue weighted by molar-refractivity contribution is 7.99. The molecular formula is C9H13N3OS2. The molecule has 15 heavy (non-hydrogen) atoms. The lowest BCUT2D eigenvalue weighted by molar-refractivity contribution is 0.322. The molecule has 0 saturated carbocycles. The van der Waals surface area contributed by atoms with E-state index in [0.29, 0.717) is 5.75 Å². The lowest BCUT2D eigenvalue weighted by atomic mass is 10.5. The standard InChI is InChI=1S/C9H13N3OS2/c1-10-6-7-8(14-5-3-13)11-9-12(7)2-4-15-9/h2,4,10,13H,3,5-6H2,1H3. The van der Waals surface area contributed by atoms with Crippen LogP contribution in [-0.4, -0.2) is 33.9 Å². The van der Waals surface area contributed by atoms with Crippen LogP contribution in [0.15, 0.2) is 16.6 Å². The Balaban J connectivity index is 2.33. The zero-order valence-electron chi connectivity index (χ0n) is 8.43. The summed E-state index contributed by atoms with van der Waals surface area (Å²) >= 11 is 3.23. The molecule has 0 amide bonds. The molecule has 0 bridgehead atoms. The normalized spacial score (nSPS) is 11.3. The van der Waals surface area contributed by atoms with Gasteiger partial charge < -0.3 is 10.4 Å². The first-order valence-electron chi connectivity index (χ1n) is 4.69. The van der Waals surface area contributed by atoms with Crippen molar-refractivity contribution in [2.45, 2.75) is 11.6 Å². The lowest BCUT2D eigenvalue weighted by Gasteiger charge is -2.01. The molecule has 0 unspecified atom stereocenters. The number of nitrogens with one attached hydrogen (secondary N) is 1. The van der Waals surface area contributed by atoms with E-state index in [1.165, 1.54) is 5.69 Å². The van der Waals surface area contributed by atoms with Crippen molar-refractivity contribution in [3.05, 3.63) is 17.3 Å². The molecule has 0 saturated heterocycles. The number of nitrogens with zero attached hydrogens (tertiary/aromatic N) is 2. The number of thioether (sulfide) groups is 1. The second-order valence-corrected chi connectivity index (χ2v) is 4.98. The second kappa shape index (κ2) is 4.98. The smallest absolute Gasteiger partial charge is 0.194 e. The van der Waals surface area contributed by atoms with E-state index in [9.17, 15) is 0 Å². The van der Waals surface area contributed by atoms with Crippen LogP contribution in [0.3, 0.4) is 0 Å². The van der Waals surface area contributed by atoms with Crippen LogP contribution in [0.25, 0.3) is 4.96 Å². The second-order valence-electron chi connectivity index (χ2n) is 3.02. The lowest BCUT2D eigenvalue weighted by Crippen LogP contribution is -2.08. The van der Waals surface area contributed by atoms with Gasteiger partial charge in [0, 0.05) is 23.9 Å². The number of hydrogen-bond donors (Lipinski definition) is 2. The zero-order chi connectivity index (χ0) is 10.7. The molecule has 0 radical (unpaired) electrons. The Bertz CT molecular complexity index is 437. The Kier molecular flexibility index (Phi) is 3.63. The third kappa shape index (κ3) is 2.17. The molecule has 2 N–H and O–H groups in total. The molecule has 2 rings (SSSR count). The molecule has 0 aliphatic carbocycles. The quantitative estimate of drug-likeness (QED) is 0.775. The predicted octanol–water partition coefficient (Wildman–Crippen LogP) is 1.20. The Morgan fingerprint density at radius 2 is 2.53 bits per heavy atom. The monoisotopic (exact) mass is 243 g/mol. The van der Waals surface area contributed by atoms with Crippen molar-refractivity contribution in [3.63, 3.8) is 0 Å². The van der Waals surface area contributed by atoms with Crippen LogP contribution < -0.4 is 5.32 Å². The molecule has 0 atom stereocenters. The number of aromatic nitrogens is 2. The van der Waals surface area contributed by atoms with E-state index in [0.717, 1.165) is 16.5 Å². The van der Waals surface area contributed by atoms with Crippen LogP contribution in [0, 0.1) is 0 Å². The summed E-state index contributed by atoms with van der Waals surface area (Å²) in [6, 6.07) is 0. The minimum atomic E-state index is 0.189. The van der Waals surface area contributed by atoms with Gasteiger partial charge in [0.25, 0.3) is 0 Å². The fraction of sp³-hybridized carbons (Fsp3) is 0.444. The number of thiazole rings is 1. The highest BCUT2D eigenvalue weighted by Crippen LogP contribution is 2.25. The van der Waals surface area contributed by atoms with E-state index in [1.54, 1.807) is 23.1 Å². The van der Waals surface area contributed by atoms with Gasteiger partial charge in [0.15, 0.2) is 4.96 Å². The highest BCUT2D eigenvalue weighted by atomic mass is 32.2. The van der Waals surface area contributed by atoms with Crippen LogP contribution in [0.5, 0.6) is 0 Å². The summed E-state index contributed by atoms with van der Waals surface area (Å²) in [5, 5.41) is 15.0. The summed E-state index contributed by atoms with van der Waals surface area (Å²) in [5.74, 6) is 0.696. The molecule has 0 fully saturated rings. The van der Waals surface area contributed by atoms with Crippen molar-refractivity contribution in [2.75, 3.05) is 19.4 Å². The van der Waals surface area contributed by atoms with Crippen LogP contribution in [0.4, 0.5) is 0 Å². The number of hydrogen-bond acceptors (Lipinski definition) is 5. The first kappa shape index (κ1) is 10.9. The molecule has 2 aromatic heterocycles. The Hall–Kier alpha value is -0.560. The summed E-state index contributed by atoms with van der Waals surface area (Å²) in [6.45, 7) is 0.987. The maximum Gasteiger partial charge on any atom is 0.194 e. The van der Waals surface area contributed by atoms with E-state index < -0.39 is 0 Å². The molecule has 0 aliphatic rings. The molecule has 2 aromatic rings. The number of imidazole rings is 1. The van der Waals surface area contributed by atoms with E-state index in [1.807, 2.05) is 18.6 Å².